The molecule has 2 aromatic heterocycles. The summed E-state index contributed by atoms with van der Waals surface area (Å²) in [4.78, 5) is 8.98. The van der Waals surface area contributed by atoms with E-state index in [9.17, 15) is 0 Å². The first-order valence-electron chi connectivity index (χ1n) is 9.11. The van der Waals surface area contributed by atoms with Crippen LogP contribution in [0.3, 0.4) is 0 Å². The van der Waals surface area contributed by atoms with Crippen molar-refractivity contribution in [3.05, 3.63) is 71.1 Å². The predicted molar refractivity (Wildman–Crippen MR) is 106 cm³/mol. The Morgan fingerprint density at radius 1 is 1.17 bits per heavy atom. The van der Waals surface area contributed by atoms with E-state index in [0.29, 0.717) is 35.6 Å². The van der Waals surface area contributed by atoms with Crippen molar-refractivity contribution < 1.29 is 14.0 Å². The molecular formula is C21H17ClN4O3. The summed E-state index contributed by atoms with van der Waals surface area (Å²) in [6.45, 7) is 1.06. The van der Waals surface area contributed by atoms with Crippen LogP contribution in [0.1, 0.15) is 17.4 Å². The first kappa shape index (κ1) is 17.9. The Labute approximate surface area is 171 Å². The fourth-order valence-electron chi connectivity index (χ4n) is 3.39. The number of rotatable bonds is 4. The molecule has 0 radical (unpaired) electrons. The van der Waals surface area contributed by atoms with Gasteiger partial charge in [0.25, 0.3) is 5.89 Å². The molecule has 0 spiro atoms. The third-order valence-electron chi connectivity index (χ3n) is 4.93. The minimum atomic E-state index is -0.0554. The molecule has 0 N–H and O–H groups in total. The first-order valence-corrected chi connectivity index (χ1v) is 9.48. The normalized spacial score (nSPS) is 15.9. The number of imidazole rings is 1. The lowest BCUT2D eigenvalue weighted by molar-refractivity contribution is 0.00328. The molecular weight excluding hydrogens is 392 g/mol. The van der Waals surface area contributed by atoms with Crippen molar-refractivity contribution in [2.45, 2.75) is 19.3 Å². The minimum Gasteiger partial charge on any atom is -0.497 e. The zero-order chi connectivity index (χ0) is 19.8. The largest absolute Gasteiger partial charge is 0.497 e. The second kappa shape index (κ2) is 7.35. The second-order valence-electron chi connectivity index (χ2n) is 6.70. The summed E-state index contributed by atoms with van der Waals surface area (Å²) in [7, 11) is 1.65. The summed E-state index contributed by atoms with van der Waals surface area (Å²) >= 11 is 6.05. The van der Waals surface area contributed by atoms with Crippen LogP contribution in [0.5, 0.6) is 5.75 Å². The summed E-state index contributed by atoms with van der Waals surface area (Å²) < 4.78 is 18.8. The molecule has 0 saturated heterocycles. The molecule has 8 heteroatoms. The zero-order valence-corrected chi connectivity index (χ0v) is 16.3. The highest BCUT2D eigenvalue weighted by atomic mass is 35.5. The molecule has 3 heterocycles. The van der Waals surface area contributed by atoms with Crippen molar-refractivity contribution in [3.8, 4) is 28.7 Å². The lowest BCUT2D eigenvalue weighted by atomic mass is 10.1. The summed E-state index contributed by atoms with van der Waals surface area (Å²) in [6, 6.07) is 15.2. The van der Waals surface area contributed by atoms with Crippen LogP contribution in [0.15, 0.2) is 59.4 Å². The van der Waals surface area contributed by atoms with Crippen molar-refractivity contribution in [2.75, 3.05) is 7.11 Å². The smallest absolute Gasteiger partial charge is 0.278 e. The molecule has 29 heavy (non-hydrogen) atoms. The van der Waals surface area contributed by atoms with Gasteiger partial charge in [0.15, 0.2) is 5.69 Å². The topological polar surface area (TPSA) is 75.2 Å². The van der Waals surface area contributed by atoms with Gasteiger partial charge in [0.2, 0.25) is 5.82 Å². The van der Waals surface area contributed by atoms with Crippen LogP contribution >= 0.6 is 11.6 Å². The van der Waals surface area contributed by atoms with Crippen LogP contribution in [0.4, 0.5) is 0 Å². The van der Waals surface area contributed by atoms with Crippen molar-refractivity contribution in [3.63, 3.8) is 0 Å². The molecule has 7 nitrogen and oxygen atoms in total. The molecule has 0 bridgehead atoms. The third kappa shape index (κ3) is 3.39. The SMILES string of the molecule is COc1ccc([C@H]2Cn3cnc(-c4nc(-c5cccc(Cl)c5)no4)c3CO2)cc1. The van der Waals surface area contributed by atoms with E-state index in [-0.39, 0.29) is 6.10 Å². The van der Waals surface area contributed by atoms with Crippen molar-refractivity contribution in [2.24, 2.45) is 0 Å². The number of methoxy groups -OCH3 is 1. The van der Waals surface area contributed by atoms with E-state index in [1.54, 1.807) is 25.6 Å². The third-order valence-corrected chi connectivity index (χ3v) is 5.16. The molecule has 146 valence electrons. The van der Waals surface area contributed by atoms with E-state index < -0.39 is 0 Å². The van der Waals surface area contributed by atoms with Crippen LogP contribution in [0, 0.1) is 0 Å². The van der Waals surface area contributed by atoms with E-state index >= 15 is 0 Å². The van der Waals surface area contributed by atoms with Gasteiger partial charge in [0.1, 0.15) is 11.9 Å². The Balaban J connectivity index is 1.39. The monoisotopic (exact) mass is 408 g/mol. The van der Waals surface area contributed by atoms with Crippen molar-refractivity contribution in [1.82, 2.24) is 19.7 Å². The zero-order valence-electron chi connectivity index (χ0n) is 15.6. The van der Waals surface area contributed by atoms with E-state index in [4.69, 9.17) is 25.6 Å². The molecule has 2 aromatic carbocycles. The highest BCUT2D eigenvalue weighted by Gasteiger charge is 2.26. The van der Waals surface area contributed by atoms with Crippen LogP contribution in [-0.4, -0.2) is 26.8 Å². The highest BCUT2D eigenvalue weighted by Crippen LogP contribution is 2.32. The van der Waals surface area contributed by atoms with Gasteiger partial charge < -0.3 is 18.6 Å². The Hall–Kier alpha value is -3.16. The Morgan fingerprint density at radius 3 is 2.83 bits per heavy atom. The quantitative estimate of drug-likeness (QED) is 0.493. The van der Waals surface area contributed by atoms with E-state index in [2.05, 4.69) is 19.7 Å². The van der Waals surface area contributed by atoms with Gasteiger partial charge in [-0.2, -0.15) is 4.98 Å². The fraction of sp³-hybridized carbons (Fsp3) is 0.190. The molecule has 0 aliphatic carbocycles. The Morgan fingerprint density at radius 2 is 2.03 bits per heavy atom. The number of aromatic nitrogens is 4. The molecule has 5 rings (SSSR count). The van der Waals surface area contributed by atoms with Gasteiger partial charge in [-0.15, -0.1) is 0 Å². The van der Waals surface area contributed by atoms with Crippen LogP contribution in [0.2, 0.25) is 5.02 Å². The molecule has 1 aliphatic rings. The number of fused-ring (bicyclic) bond motifs is 1. The Bertz CT molecular complexity index is 1150. The van der Waals surface area contributed by atoms with Crippen molar-refractivity contribution in [1.29, 1.82) is 0 Å². The lowest BCUT2D eigenvalue weighted by Crippen LogP contribution is -2.20. The molecule has 0 unspecified atom stereocenters. The van der Waals surface area contributed by atoms with E-state index in [1.165, 1.54) is 0 Å². The van der Waals surface area contributed by atoms with Crippen LogP contribution < -0.4 is 4.74 Å². The molecule has 4 aromatic rings. The number of ether oxygens (including phenoxy) is 2. The van der Waals surface area contributed by atoms with Gasteiger partial charge in [-0.05, 0) is 29.8 Å². The number of benzene rings is 2. The number of hydrogen-bond donors (Lipinski definition) is 0. The van der Waals surface area contributed by atoms with Gasteiger partial charge in [-0.1, -0.05) is 41.0 Å². The average molecular weight is 409 g/mol. The molecule has 0 saturated carbocycles. The highest BCUT2D eigenvalue weighted by molar-refractivity contribution is 6.30. The second-order valence-corrected chi connectivity index (χ2v) is 7.13. The molecule has 0 amide bonds. The standard InChI is InChI=1S/C21H17ClN4O3/c1-27-16-7-5-13(6-8-16)18-10-26-12-23-19(17(26)11-28-18)21-24-20(25-29-21)14-3-2-4-15(22)9-14/h2-9,12,18H,10-11H2,1H3/t18-/m1/s1. The summed E-state index contributed by atoms with van der Waals surface area (Å²) in [5.74, 6) is 1.65. The maximum absolute atomic E-state index is 6.08. The summed E-state index contributed by atoms with van der Waals surface area (Å²) in [6.07, 6.45) is 1.73. The Kier molecular flexibility index (Phi) is 4.54. The molecule has 1 aliphatic heterocycles. The maximum atomic E-state index is 6.08. The predicted octanol–water partition coefficient (Wildman–Crippen LogP) is 4.53. The van der Waals surface area contributed by atoms with Gasteiger partial charge in [-0.3, -0.25) is 0 Å². The van der Waals surface area contributed by atoms with E-state index in [1.807, 2.05) is 36.4 Å². The lowest BCUT2D eigenvalue weighted by Gasteiger charge is -2.25. The maximum Gasteiger partial charge on any atom is 0.278 e. The molecule has 1 atom stereocenters. The average Bonchev–Trinajstić information content (AvgIpc) is 3.40. The molecule has 0 fully saturated rings. The van der Waals surface area contributed by atoms with Crippen LogP contribution in [-0.2, 0) is 17.9 Å². The van der Waals surface area contributed by atoms with Crippen LogP contribution in [0.25, 0.3) is 23.0 Å². The van der Waals surface area contributed by atoms with Gasteiger partial charge in [0.05, 0.1) is 32.3 Å². The first-order chi connectivity index (χ1) is 14.2. The minimum absolute atomic E-state index is 0.0554. The number of nitrogens with zero attached hydrogens (tertiary/aromatic N) is 4. The summed E-state index contributed by atoms with van der Waals surface area (Å²) in [5, 5.41) is 4.68. The number of halogens is 1. The summed E-state index contributed by atoms with van der Waals surface area (Å²) in [5.41, 5.74) is 3.43. The van der Waals surface area contributed by atoms with Gasteiger partial charge in [0, 0.05) is 10.6 Å². The van der Waals surface area contributed by atoms with E-state index in [0.717, 1.165) is 22.6 Å². The fourth-order valence-corrected chi connectivity index (χ4v) is 3.58. The van der Waals surface area contributed by atoms with Gasteiger partial charge in [-0.25, -0.2) is 4.98 Å². The van der Waals surface area contributed by atoms with Crippen molar-refractivity contribution >= 4 is 11.6 Å². The number of hydrogen-bond acceptors (Lipinski definition) is 6. The van der Waals surface area contributed by atoms with Gasteiger partial charge >= 0.3 is 0 Å².